The third-order valence-corrected chi connectivity index (χ3v) is 3.98. The second-order valence-electron chi connectivity index (χ2n) is 5.43. The lowest BCUT2D eigenvalue weighted by molar-refractivity contribution is 0.157. The van der Waals surface area contributed by atoms with E-state index in [1.807, 2.05) is 0 Å². The predicted molar refractivity (Wildman–Crippen MR) is 97.0 cm³/mol. The lowest BCUT2D eigenvalue weighted by atomic mass is 10.0. The fraction of sp³-hybridized carbons (Fsp3) is 0.933. The first-order valence-corrected chi connectivity index (χ1v) is 7.77. The minimum Gasteiger partial charge on any atom is -0.384 e. The van der Waals surface area contributed by atoms with Gasteiger partial charge >= 0.3 is 0 Å². The molecule has 1 atom stereocenters. The lowest BCUT2D eigenvalue weighted by Crippen LogP contribution is -2.40. The quantitative estimate of drug-likeness (QED) is 0.408. The fourth-order valence-corrected chi connectivity index (χ4v) is 2.59. The highest BCUT2D eigenvalue weighted by molar-refractivity contribution is 14.0. The second kappa shape index (κ2) is 11.6. The maximum atomic E-state index is 5.26. The molecule has 5 heteroatoms. The molecule has 0 saturated carbocycles. The summed E-state index contributed by atoms with van der Waals surface area (Å²) in [5.41, 5.74) is 0. The molecular weight excluding hydrogens is 365 g/mol. The number of guanidine groups is 1. The Hall–Kier alpha value is -0.0400. The largest absolute Gasteiger partial charge is 0.384 e. The Morgan fingerprint density at radius 2 is 2.05 bits per heavy atom. The normalized spacial score (nSPS) is 19.4. The molecule has 0 aromatic carbocycles. The predicted octanol–water partition coefficient (Wildman–Crippen LogP) is 2.97. The van der Waals surface area contributed by atoms with Crippen LogP contribution in [0, 0.1) is 11.8 Å². The first kappa shape index (κ1) is 20.0. The molecule has 0 aromatic rings. The van der Waals surface area contributed by atoms with E-state index in [1.165, 1.54) is 19.3 Å². The number of ether oxygens (including phenoxy) is 1. The average molecular weight is 397 g/mol. The zero-order valence-electron chi connectivity index (χ0n) is 13.5. The van der Waals surface area contributed by atoms with Crippen molar-refractivity contribution in [1.82, 2.24) is 10.2 Å². The summed E-state index contributed by atoms with van der Waals surface area (Å²) in [6.07, 6.45) is 3.64. The number of methoxy groups -OCH3 is 1. The van der Waals surface area contributed by atoms with E-state index < -0.39 is 0 Å². The number of aliphatic imine (C=N–C) groups is 1. The molecule has 1 rings (SSSR count). The molecule has 1 N–H and O–H groups in total. The summed E-state index contributed by atoms with van der Waals surface area (Å²) in [5.74, 6) is 2.46. The number of likely N-dealkylation sites (tertiary alicyclic amines) is 1. The highest BCUT2D eigenvalue weighted by atomic mass is 127. The molecule has 1 heterocycles. The van der Waals surface area contributed by atoms with Crippen molar-refractivity contribution >= 4 is 29.9 Å². The van der Waals surface area contributed by atoms with Gasteiger partial charge < -0.3 is 15.0 Å². The van der Waals surface area contributed by atoms with Gasteiger partial charge in [0.1, 0.15) is 0 Å². The fourth-order valence-electron chi connectivity index (χ4n) is 2.59. The SMILES string of the molecule is CCNC(=NCC(CC)CC)N1CCC(COC)C1.I. The molecule has 1 aliphatic rings. The van der Waals surface area contributed by atoms with Crippen molar-refractivity contribution in [3.05, 3.63) is 0 Å². The number of halogens is 1. The van der Waals surface area contributed by atoms with Crippen LogP contribution >= 0.6 is 24.0 Å². The molecule has 0 radical (unpaired) electrons. The maximum Gasteiger partial charge on any atom is 0.193 e. The van der Waals surface area contributed by atoms with Gasteiger partial charge in [-0.1, -0.05) is 26.7 Å². The van der Waals surface area contributed by atoms with Gasteiger partial charge in [0.05, 0.1) is 6.61 Å². The van der Waals surface area contributed by atoms with Crippen LogP contribution in [-0.4, -0.2) is 50.8 Å². The lowest BCUT2D eigenvalue weighted by Gasteiger charge is -2.22. The van der Waals surface area contributed by atoms with Crippen LogP contribution in [0.1, 0.15) is 40.0 Å². The highest BCUT2D eigenvalue weighted by Crippen LogP contribution is 2.17. The number of rotatable bonds is 7. The Kier molecular flexibility index (Phi) is 11.6. The van der Waals surface area contributed by atoms with E-state index in [9.17, 15) is 0 Å². The van der Waals surface area contributed by atoms with E-state index in [0.29, 0.717) is 11.8 Å². The highest BCUT2D eigenvalue weighted by Gasteiger charge is 2.24. The van der Waals surface area contributed by atoms with Crippen molar-refractivity contribution in [3.8, 4) is 0 Å². The van der Waals surface area contributed by atoms with E-state index in [1.54, 1.807) is 7.11 Å². The minimum absolute atomic E-state index is 0. The standard InChI is InChI=1S/C15H31N3O.HI/c1-5-13(6-2)10-17-15(16-7-3)18-9-8-14(11-18)12-19-4;/h13-14H,5-12H2,1-4H3,(H,16,17);1H. The summed E-state index contributed by atoms with van der Waals surface area (Å²) in [4.78, 5) is 7.21. The molecule has 4 nitrogen and oxygen atoms in total. The molecular formula is C15H32IN3O. The summed E-state index contributed by atoms with van der Waals surface area (Å²) in [6.45, 7) is 11.6. The molecule has 1 aliphatic heterocycles. The molecule has 0 amide bonds. The molecule has 0 aliphatic carbocycles. The van der Waals surface area contributed by atoms with Gasteiger partial charge in [0, 0.05) is 39.2 Å². The third kappa shape index (κ3) is 6.61. The molecule has 20 heavy (non-hydrogen) atoms. The first-order chi connectivity index (χ1) is 9.24. The third-order valence-electron chi connectivity index (χ3n) is 3.98. The van der Waals surface area contributed by atoms with Gasteiger partial charge in [-0.15, -0.1) is 24.0 Å². The summed E-state index contributed by atoms with van der Waals surface area (Å²) >= 11 is 0. The number of nitrogens with one attached hydrogen (secondary N) is 1. The summed E-state index contributed by atoms with van der Waals surface area (Å²) in [7, 11) is 1.79. The average Bonchev–Trinajstić information content (AvgIpc) is 2.87. The number of hydrogen-bond acceptors (Lipinski definition) is 2. The van der Waals surface area contributed by atoms with Crippen LogP contribution in [0.2, 0.25) is 0 Å². The summed E-state index contributed by atoms with van der Waals surface area (Å²) < 4.78 is 5.26. The number of nitrogens with zero attached hydrogens (tertiary/aromatic N) is 2. The van der Waals surface area contributed by atoms with Gasteiger partial charge in [0.2, 0.25) is 0 Å². The van der Waals surface area contributed by atoms with E-state index in [2.05, 4.69) is 31.0 Å². The van der Waals surface area contributed by atoms with Crippen molar-refractivity contribution in [2.75, 3.05) is 39.9 Å². The van der Waals surface area contributed by atoms with Gasteiger partial charge in [-0.25, -0.2) is 0 Å². The van der Waals surface area contributed by atoms with Crippen molar-refractivity contribution in [3.63, 3.8) is 0 Å². The molecule has 1 saturated heterocycles. The van der Waals surface area contributed by atoms with Crippen molar-refractivity contribution in [2.45, 2.75) is 40.0 Å². The molecule has 1 unspecified atom stereocenters. The summed E-state index contributed by atoms with van der Waals surface area (Å²) in [5, 5.41) is 3.43. The zero-order valence-corrected chi connectivity index (χ0v) is 15.9. The van der Waals surface area contributed by atoms with Crippen molar-refractivity contribution < 1.29 is 4.74 Å². The van der Waals surface area contributed by atoms with E-state index in [4.69, 9.17) is 9.73 Å². The van der Waals surface area contributed by atoms with Crippen LogP contribution in [-0.2, 0) is 4.74 Å². The van der Waals surface area contributed by atoms with Crippen LogP contribution in [0.5, 0.6) is 0 Å². The minimum atomic E-state index is 0. The van der Waals surface area contributed by atoms with Gasteiger partial charge in [0.15, 0.2) is 5.96 Å². The van der Waals surface area contributed by atoms with Gasteiger partial charge in [0.25, 0.3) is 0 Å². The van der Waals surface area contributed by atoms with E-state index >= 15 is 0 Å². The Morgan fingerprint density at radius 1 is 1.35 bits per heavy atom. The van der Waals surface area contributed by atoms with Crippen LogP contribution in [0.15, 0.2) is 4.99 Å². The van der Waals surface area contributed by atoms with Crippen molar-refractivity contribution in [1.29, 1.82) is 0 Å². The molecule has 0 aromatic heterocycles. The van der Waals surface area contributed by atoms with Gasteiger partial charge in [-0.3, -0.25) is 4.99 Å². The Morgan fingerprint density at radius 3 is 2.60 bits per heavy atom. The molecule has 120 valence electrons. The van der Waals surface area contributed by atoms with E-state index in [0.717, 1.165) is 38.7 Å². The molecule has 1 fully saturated rings. The number of hydrogen-bond donors (Lipinski definition) is 1. The smallest absolute Gasteiger partial charge is 0.193 e. The first-order valence-electron chi connectivity index (χ1n) is 7.77. The molecule has 0 bridgehead atoms. The maximum absolute atomic E-state index is 5.26. The van der Waals surface area contributed by atoms with Crippen LogP contribution in [0.25, 0.3) is 0 Å². The zero-order chi connectivity index (χ0) is 14.1. The van der Waals surface area contributed by atoms with Gasteiger partial charge in [-0.05, 0) is 19.3 Å². The Bertz CT molecular complexity index is 270. The van der Waals surface area contributed by atoms with E-state index in [-0.39, 0.29) is 24.0 Å². The van der Waals surface area contributed by atoms with Gasteiger partial charge in [-0.2, -0.15) is 0 Å². The monoisotopic (exact) mass is 397 g/mol. The molecule has 0 spiro atoms. The van der Waals surface area contributed by atoms with Crippen LogP contribution < -0.4 is 5.32 Å². The Labute approximate surface area is 141 Å². The second-order valence-corrected chi connectivity index (χ2v) is 5.43. The topological polar surface area (TPSA) is 36.9 Å². The van der Waals surface area contributed by atoms with Crippen LogP contribution in [0.4, 0.5) is 0 Å². The van der Waals surface area contributed by atoms with Crippen molar-refractivity contribution in [2.24, 2.45) is 16.8 Å². The summed E-state index contributed by atoms with van der Waals surface area (Å²) in [6, 6.07) is 0. The van der Waals surface area contributed by atoms with Crippen LogP contribution in [0.3, 0.4) is 0 Å². The Balaban J connectivity index is 0.00000361.